The van der Waals surface area contributed by atoms with E-state index in [4.69, 9.17) is 11.6 Å². The molecule has 0 aliphatic carbocycles. The van der Waals surface area contributed by atoms with Crippen LogP contribution >= 0.6 is 11.6 Å². The van der Waals surface area contributed by atoms with Crippen molar-refractivity contribution in [2.24, 2.45) is 0 Å². The first kappa shape index (κ1) is 18.9. The Kier molecular flexibility index (Phi) is 6.53. The highest BCUT2D eigenvalue weighted by molar-refractivity contribution is 6.31. The molecule has 4 nitrogen and oxygen atoms in total. The second-order valence-corrected chi connectivity index (χ2v) is 6.19. The number of carbonyl (C=O) groups excluding carboxylic acids is 2. The van der Waals surface area contributed by atoms with Crippen LogP contribution < -0.4 is 10.2 Å². The van der Waals surface area contributed by atoms with Crippen LogP contribution in [-0.4, -0.2) is 24.9 Å². The van der Waals surface area contributed by atoms with E-state index in [-0.39, 0.29) is 24.1 Å². The summed E-state index contributed by atoms with van der Waals surface area (Å²) in [6.07, 6.45) is 0.163. The molecule has 0 heterocycles. The third-order valence-corrected chi connectivity index (χ3v) is 4.01. The van der Waals surface area contributed by atoms with Gasteiger partial charge in [-0.25, -0.2) is 4.39 Å². The van der Waals surface area contributed by atoms with Crippen LogP contribution in [0.5, 0.6) is 0 Å². The number of halogens is 2. The van der Waals surface area contributed by atoms with Gasteiger partial charge in [0.15, 0.2) is 0 Å². The summed E-state index contributed by atoms with van der Waals surface area (Å²) in [6.45, 7) is 4.02. The summed E-state index contributed by atoms with van der Waals surface area (Å²) < 4.78 is 12.9. The minimum Gasteiger partial charge on any atom is -0.354 e. The molecule has 0 saturated carbocycles. The lowest BCUT2D eigenvalue weighted by Crippen LogP contribution is -2.38. The van der Waals surface area contributed by atoms with Crippen molar-refractivity contribution in [3.63, 3.8) is 0 Å². The quantitative estimate of drug-likeness (QED) is 0.855. The molecule has 0 atom stereocenters. The van der Waals surface area contributed by atoms with E-state index in [1.54, 1.807) is 29.2 Å². The van der Waals surface area contributed by atoms with Crippen LogP contribution in [0.2, 0.25) is 5.02 Å². The monoisotopic (exact) mass is 362 g/mol. The average Bonchev–Trinajstić information content (AvgIpc) is 2.56. The van der Waals surface area contributed by atoms with E-state index in [1.807, 2.05) is 13.0 Å². The second kappa shape index (κ2) is 8.62. The van der Waals surface area contributed by atoms with Crippen LogP contribution in [0.3, 0.4) is 0 Å². The lowest BCUT2D eigenvalue weighted by atomic mass is 10.1. The van der Waals surface area contributed by atoms with Gasteiger partial charge in [-0.1, -0.05) is 29.8 Å². The Morgan fingerprint density at radius 2 is 1.84 bits per heavy atom. The number of nitrogens with one attached hydrogen (secondary N) is 1. The van der Waals surface area contributed by atoms with E-state index in [2.05, 4.69) is 5.32 Å². The number of aryl methyl sites for hydroxylation is 1. The summed E-state index contributed by atoms with van der Waals surface area (Å²) in [6, 6.07) is 11.1. The molecule has 0 bridgehead atoms. The van der Waals surface area contributed by atoms with Gasteiger partial charge in [0.2, 0.25) is 11.8 Å². The molecule has 0 aromatic heterocycles. The molecule has 1 N–H and O–H groups in total. The number of rotatable bonds is 6. The number of nitrogens with zero attached hydrogens (tertiary/aromatic N) is 1. The van der Waals surface area contributed by atoms with Crippen LogP contribution in [-0.2, 0) is 16.0 Å². The Balaban J connectivity index is 1.93. The minimum atomic E-state index is -0.335. The van der Waals surface area contributed by atoms with E-state index in [1.165, 1.54) is 19.1 Å². The molecule has 25 heavy (non-hydrogen) atoms. The zero-order valence-electron chi connectivity index (χ0n) is 14.2. The molecular weight excluding hydrogens is 343 g/mol. The lowest BCUT2D eigenvalue weighted by molar-refractivity contribution is -0.121. The zero-order valence-corrected chi connectivity index (χ0v) is 14.9. The Morgan fingerprint density at radius 3 is 2.48 bits per heavy atom. The van der Waals surface area contributed by atoms with E-state index in [0.29, 0.717) is 18.1 Å². The molecule has 0 saturated heterocycles. The van der Waals surface area contributed by atoms with Gasteiger partial charge >= 0.3 is 0 Å². The number of anilines is 1. The molecule has 2 aromatic carbocycles. The van der Waals surface area contributed by atoms with Crippen molar-refractivity contribution < 1.29 is 14.0 Å². The first-order valence-corrected chi connectivity index (χ1v) is 8.30. The average molecular weight is 363 g/mol. The summed E-state index contributed by atoms with van der Waals surface area (Å²) >= 11 is 6.02. The van der Waals surface area contributed by atoms with Gasteiger partial charge < -0.3 is 10.2 Å². The normalized spacial score (nSPS) is 10.4. The van der Waals surface area contributed by atoms with Gasteiger partial charge in [-0.2, -0.15) is 0 Å². The largest absolute Gasteiger partial charge is 0.354 e. The molecule has 0 aliphatic rings. The maximum atomic E-state index is 12.9. The van der Waals surface area contributed by atoms with Gasteiger partial charge in [-0.3, -0.25) is 9.59 Å². The molecule has 0 fully saturated rings. The second-order valence-electron chi connectivity index (χ2n) is 5.75. The zero-order chi connectivity index (χ0) is 18.4. The lowest BCUT2D eigenvalue weighted by Gasteiger charge is -2.23. The number of hydrogen-bond donors (Lipinski definition) is 1. The van der Waals surface area contributed by atoms with Crippen LogP contribution in [0.25, 0.3) is 0 Å². The van der Waals surface area contributed by atoms with Crippen LogP contribution in [0.4, 0.5) is 10.1 Å². The first-order valence-electron chi connectivity index (χ1n) is 7.92. The standard InChI is InChI=1S/C19H20ClFN2O2/c1-13-3-6-16(20)12-18(13)23(14(2)24)10-9-22-19(25)11-15-4-7-17(21)8-5-15/h3-8,12H,9-11H2,1-2H3,(H,22,25). The molecule has 2 rings (SSSR count). The fourth-order valence-corrected chi connectivity index (χ4v) is 2.64. The summed E-state index contributed by atoms with van der Waals surface area (Å²) in [5, 5.41) is 3.32. The summed E-state index contributed by atoms with van der Waals surface area (Å²) in [5.74, 6) is -0.644. The Bertz CT molecular complexity index is 763. The van der Waals surface area contributed by atoms with E-state index in [0.717, 1.165) is 16.8 Å². The maximum absolute atomic E-state index is 12.9. The van der Waals surface area contributed by atoms with Crippen molar-refractivity contribution in [3.05, 3.63) is 64.4 Å². The topological polar surface area (TPSA) is 49.4 Å². The van der Waals surface area contributed by atoms with Crippen molar-refractivity contribution >= 4 is 29.1 Å². The number of amides is 2. The number of carbonyl (C=O) groups is 2. The first-order chi connectivity index (χ1) is 11.9. The Morgan fingerprint density at radius 1 is 1.16 bits per heavy atom. The van der Waals surface area contributed by atoms with Crippen molar-refractivity contribution in [3.8, 4) is 0 Å². The molecule has 2 amide bonds. The van der Waals surface area contributed by atoms with Crippen LogP contribution in [0, 0.1) is 12.7 Å². The van der Waals surface area contributed by atoms with Gasteiger partial charge in [-0.15, -0.1) is 0 Å². The number of hydrogen-bond acceptors (Lipinski definition) is 2. The van der Waals surface area contributed by atoms with E-state index >= 15 is 0 Å². The van der Waals surface area contributed by atoms with Crippen LogP contribution in [0.1, 0.15) is 18.1 Å². The molecular formula is C19H20ClFN2O2. The fourth-order valence-electron chi connectivity index (χ4n) is 2.48. The van der Waals surface area contributed by atoms with Gasteiger partial charge in [-0.05, 0) is 42.3 Å². The third-order valence-electron chi connectivity index (χ3n) is 3.78. The predicted octanol–water partition coefficient (Wildman–Crippen LogP) is 3.50. The highest BCUT2D eigenvalue weighted by atomic mass is 35.5. The predicted molar refractivity (Wildman–Crippen MR) is 97.3 cm³/mol. The fraction of sp³-hybridized carbons (Fsp3) is 0.263. The SMILES string of the molecule is CC(=O)N(CCNC(=O)Cc1ccc(F)cc1)c1cc(Cl)ccc1C. The van der Waals surface area contributed by atoms with Gasteiger partial charge in [0.25, 0.3) is 0 Å². The van der Waals surface area contributed by atoms with Crippen molar-refractivity contribution in [2.45, 2.75) is 20.3 Å². The smallest absolute Gasteiger partial charge is 0.224 e. The van der Waals surface area contributed by atoms with Crippen molar-refractivity contribution in [1.82, 2.24) is 5.32 Å². The molecule has 0 aliphatic heterocycles. The highest BCUT2D eigenvalue weighted by Gasteiger charge is 2.14. The molecule has 0 radical (unpaired) electrons. The highest BCUT2D eigenvalue weighted by Crippen LogP contribution is 2.24. The van der Waals surface area contributed by atoms with Crippen molar-refractivity contribution in [1.29, 1.82) is 0 Å². The molecule has 132 valence electrons. The molecule has 0 unspecified atom stereocenters. The number of benzene rings is 2. The minimum absolute atomic E-state index is 0.127. The van der Waals surface area contributed by atoms with Crippen molar-refractivity contribution in [2.75, 3.05) is 18.0 Å². The van der Waals surface area contributed by atoms with Crippen LogP contribution in [0.15, 0.2) is 42.5 Å². The maximum Gasteiger partial charge on any atom is 0.224 e. The molecule has 2 aromatic rings. The molecule has 6 heteroatoms. The van der Waals surface area contributed by atoms with Gasteiger partial charge in [0.1, 0.15) is 5.82 Å². The van der Waals surface area contributed by atoms with Gasteiger partial charge in [0.05, 0.1) is 6.42 Å². The molecule has 0 spiro atoms. The van der Waals surface area contributed by atoms with E-state index < -0.39 is 0 Å². The Hall–Kier alpha value is -2.40. The van der Waals surface area contributed by atoms with E-state index in [9.17, 15) is 14.0 Å². The van der Waals surface area contributed by atoms with Gasteiger partial charge in [0, 0.05) is 30.7 Å². The third kappa shape index (κ3) is 5.57. The summed E-state index contributed by atoms with van der Waals surface area (Å²) in [4.78, 5) is 25.5. The Labute approximate surface area is 151 Å². The summed E-state index contributed by atoms with van der Waals surface area (Å²) in [5.41, 5.74) is 2.39. The summed E-state index contributed by atoms with van der Waals surface area (Å²) in [7, 11) is 0.